The van der Waals surface area contributed by atoms with Gasteiger partial charge >= 0.3 is 18.3 Å². The van der Waals surface area contributed by atoms with E-state index in [2.05, 4.69) is 11.3 Å². The number of carbonyl (C=O) groups is 1. The van der Waals surface area contributed by atoms with Crippen molar-refractivity contribution in [3.63, 3.8) is 0 Å². The number of methoxy groups -OCH3 is 1. The van der Waals surface area contributed by atoms with Crippen molar-refractivity contribution >= 4 is 5.97 Å². The topological polar surface area (TPSA) is 26.3 Å². The van der Waals surface area contributed by atoms with Crippen LogP contribution in [0.1, 0.15) is 59.3 Å². The molecular formula is C18H28F6O2. The molecule has 0 heterocycles. The molecule has 26 heavy (non-hydrogen) atoms. The van der Waals surface area contributed by atoms with E-state index in [0.29, 0.717) is 5.57 Å². The first-order valence-electron chi connectivity index (χ1n) is 8.56. The van der Waals surface area contributed by atoms with E-state index in [1.165, 1.54) is 18.9 Å². The van der Waals surface area contributed by atoms with Crippen LogP contribution in [0.25, 0.3) is 0 Å². The van der Waals surface area contributed by atoms with Crippen molar-refractivity contribution in [1.82, 2.24) is 0 Å². The minimum Gasteiger partial charge on any atom is -0.466 e. The van der Waals surface area contributed by atoms with Crippen LogP contribution in [0.2, 0.25) is 0 Å². The van der Waals surface area contributed by atoms with E-state index in [9.17, 15) is 31.1 Å². The number of ether oxygens (including phenoxy) is 1. The molecule has 0 aromatic heterocycles. The second-order valence-corrected chi connectivity index (χ2v) is 7.08. The molecule has 0 saturated heterocycles. The van der Waals surface area contributed by atoms with Gasteiger partial charge < -0.3 is 4.74 Å². The number of fused-ring (bicyclic) bond motifs is 2. The SMILES string of the molecule is C1CC2CCC1C2.C=C(C)C(=O)OC.CCC(C)(C(F)(F)F)C(F)(F)F. The third kappa shape index (κ3) is 6.83. The van der Waals surface area contributed by atoms with Gasteiger partial charge in [-0.25, -0.2) is 4.79 Å². The summed E-state index contributed by atoms with van der Waals surface area (Å²) < 4.78 is 75.6. The molecule has 0 unspecified atom stereocenters. The van der Waals surface area contributed by atoms with Crippen LogP contribution in [0.4, 0.5) is 26.3 Å². The molecule has 0 aromatic rings. The predicted octanol–water partition coefficient (Wildman–Crippen LogP) is 6.46. The standard InChI is InChI=1S/C7H12.C6H8F6.C5H8O2/c1-2-7-4-3-6(1)5-7;1-3-4(2,5(7,8)9)6(10,11)12;1-4(2)5(6)7-3/h6-7H,1-5H2;3H2,1-2H3;1H2,2-3H3. The zero-order chi connectivity index (χ0) is 20.8. The Morgan fingerprint density at radius 3 is 1.38 bits per heavy atom. The largest absolute Gasteiger partial charge is 0.466 e. The summed E-state index contributed by atoms with van der Waals surface area (Å²) in [5, 5.41) is 0. The van der Waals surface area contributed by atoms with Crippen LogP contribution in [0.3, 0.4) is 0 Å². The van der Waals surface area contributed by atoms with Gasteiger partial charge in [-0.05, 0) is 38.5 Å². The van der Waals surface area contributed by atoms with Crippen molar-refractivity contribution < 1.29 is 35.9 Å². The zero-order valence-corrected chi connectivity index (χ0v) is 15.7. The van der Waals surface area contributed by atoms with E-state index in [-0.39, 0.29) is 12.9 Å². The van der Waals surface area contributed by atoms with Gasteiger partial charge in [0.2, 0.25) is 0 Å². The fourth-order valence-electron chi connectivity index (χ4n) is 2.91. The summed E-state index contributed by atoms with van der Waals surface area (Å²) in [6.45, 7) is 5.98. The molecule has 2 saturated carbocycles. The van der Waals surface area contributed by atoms with Crippen LogP contribution in [0.15, 0.2) is 12.2 Å². The van der Waals surface area contributed by atoms with Gasteiger partial charge in [0.25, 0.3) is 0 Å². The van der Waals surface area contributed by atoms with Crippen molar-refractivity contribution in [2.24, 2.45) is 17.3 Å². The Balaban J connectivity index is 0.000000381. The van der Waals surface area contributed by atoms with Gasteiger partial charge in [0.05, 0.1) is 7.11 Å². The Morgan fingerprint density at radius 2 is 1.35 bits per heavy atom. The molecule has 2 aliphatic rings. The van der Waals surface area contributed by atoms with Gasteiger partial charge in [-0.2, -0.15) is 26.3 Å². The highest BCUT2D eigenvalue weighted by Crippen LogP contribution is 2.51. The monoisotopic (exact) mass is 390 g/mol. The summed E-state index contributed by atoms with van der Waals surface area (Å²) in [5.74, 6) is 2.00. The molecule has 0 radical (unpaired) electrons. The van der Waals surface area contributed by atoms with Gasteiger partial charge in [0, 0.05) is 5.57 Å². The highest BCUT2D eigenvalue weighted by atomic mass is 19.4. The average Bonchev–Trinajstić information content (AvgIpc) is 3.17. The Hall–Kier alpha value is -1.21. The number of hydrogen-bond donors (Lipinski definition) is 0. The Labute approximate surface area is 151 Å². The molecule has 0 aliphatic heterocycles. The van der Waals surface area contributed by atoms with E-state index < -0.39 is 24.2 Å². The van der Waals surface area contributed by atoms with Crippen LogP contribution in [0, 0.1) is 17.3 Å². The maximum absolute atomic E-state index is 11.9. The van der Waals surface area contributed by atoms with Crippen molar-refractivity contribution in [2.75, 3.05) is 7.11 Å². The lowest BCUT2D eigenvalue weighted by Gasteiger charge is -2.32. The lowest BCUT2D eigenvalue weighted by Crippen LogP contribution is -2.47. The fraction of sp³-hybridized carbons (Fsp3) is 0.833. The molecule has 0 atom stereocenters. The van der Waals surface area contributed by atoms with Gasteiger partial charge in [0.15, 0.2) is 5.41 Å². The highest BCUT2D eigenvalue weighted by Gasteiger charge is 2.66. The van der Waals surface area contributed by atoms with Gasteiger partial charge in [-0.3, -0.25) is 0 Å². The molecule has 2 fully saturated rings. The van der Waals surface area contributed by atoms with Crippen LogP contribution in [-0.2, 0) is 9.53 Å². The smallest absolute Gasteiger partial charge is 0.402 e. The number of hydrogen-bond acceptors (Lipinski definition) is 2. The molecule has 0 amide bonds. The normalized spacial score (nSPS) is 21.9. The Morgan fingerprint density at radius 1 is 1.00 bits per heavy atom. The van der Waals surface area contributed by atoms with Crippen molar-refractivity contribution in [3.05, 3.63) is 12.2 Å². The summed E-state index contributed by atoms with van der Waals surface area (Å²) in [7, 11) is 1.33. The molecule has 2 aliphatic carbocycles. The minimum atomic E-state index is -5.24. The molecule has 2 nitrogen and oxygen atoms in total. The van der Waals surface area contributed by atoms with Crippen molar-refractivity contribution in [2.45, 2.75) is 71.6 Å². The molecule has 2 rings (SSSR count). The number of alkyl halides is 6. The number of rotatable bonds is 2. The van der Waals surface area contributed by atoms with Gasteiger partial charge in [-0.15, -0.1) is 0 Å². The van der Waals surface area contributed by atoms with Crippen LogP contribution >= 0.6 is 0 Å². The minimum absolute atomic E-state index is 0.160. The lowest BCUT2D eigenvalue weighted by molar-refractivity contribution is -0.335. The Kier molecular flexibility index (Phi) is 9.20. The molecule has 0 N–H and O–H groups in total. The number of halogens is 6. The molecule has 0 aromatic carbocycles. The molecule has 0 spiro atoms. The van der Waals surface area contributed by atoms with E-state index in [0.717, 1.165) is 6.92 Å². The number of esters is 1. The summed E-state index contributed by atoms with van der Waals surface area (Å²) >= 11 is 0. The zero-order valence-electron chi connectivity index (χ0n) is 15.7. The summed E-state index contributed by atoms with van der Waals surface area (Å²) in [4.78, 5) is 10.2. The number of carbonyl (C=O) groups excluding carboxylic acids is 1. The summed E-state index contributed by atoms with van der Waals surface area (Å²) in [5.41, 5.74) is -3.15. The average molecular weight is 390 g/mol. The second kappa shape index (κ2) is 9.65. The molecular weight excluding hydrogens is 362 g/mol. The van der Waals surface area contributed by atoms with E-state index in [1.807, 2.05) is 0 Å². The maximum Gasteiger partial charge on any atom is 0.402 e. The highest BCUT2D eigenvalue weighted by molar-refractivity contribution is 5.86. The van der Waals surface area contributed by atoms with Crippen molar-refractivity contribution in [1.29, 1.82) is 0 Å². The summed E-state index contributed by atoms with van der Waals surface area (Å²) in [6, 6.07) is 0. The first kappa shape index (κ1) is 24.8. The maximum atomic E-state index is 11.9. The third-order valence-electron chi connectivity index (χ3n) is 5.13. The molecule has 2 bridgehead atoms. The quantitative estimate of drug-likeness (QED) is 0.307. The van der Waals surface area contributed by atoms with E-state index >= 15 is 0 Å². The first-order valence-corrected chi connectivity index (χ1v) is 8.56. The van der Waals surface area contributed by atoms with Crippen molar-refractivity contribution in [3.8, 4) is 0 Å². The fourth-order valence-corrected chi connectivity index (χ4v) is 2.91. The van der Waals surface area contributed by atoms with E-state index in [1.54, 1.807) is 39.0 Å². The Bertz CT molecular complexity index is 435. The molecule has 8 heteroatoms. The first-order chi connectivity index (χ1) is 11.7. The second-order valence-electron chi connectivity index (χ2n) is 7.08. The van der Waals surface area contributed by atoms with Gasteiger partial charge in [-0.1, -0.05) is 39.2 Å². The predicted molar refractivity (Wildman–Crippen MR) is 87.4 cm³/mol. The van der Waals surface area contributed by atoms with Crippen LogP contribution < -0.4 is 0 Å². The van der Waals surface area contributed by atoms with Gasteiger partial charge in [0.1, 0.15) is 0 Å². The third-order valence-corrected chi connectivity index (χ3v) is 5.13. The van der Waals surface area contributed by atoms with E-state index in [4.69, 9.17) is 0 Å². The lowest BCUT2D eigenvalue weighted by atomic mass is 9.86. The molecule has 154 valence electrons. The van der Waals surface area contributed by atoms with Crippen LogP contribution in [-0.4, -0.2) is 25.4 Å². The summed E-state index contributed by atoms with van der Waals surface area (Å²) in [6.07, 6.45) is -3.65. The van der Waals surface area contributed by atoms with Crippen LogP contribution in [0.5, 0.6) is 0 Å².